The number of fused-ring (bicyclic) bond motifs is 1. The minimum atomic E-state index is -0.750. The number of nitrogens with one attached hydrogen (secondary N) is 1. The van der Waals surface area contributed by atoms with E-state index in [1.54, 1.807) is 0 Å². The number of amides is 1. The number of tetrazole rings is 1. The van der Waals surface area contributed by atoms with Gasteiger partial charge in [0.1, 0.15) is 6.33 Å². The van der Waals surface area contributed by atoms with E-state index in [2.05, 4.69) is 20.8 Å². The van der Waals surface area contributed by atoms with Gasteiger partial charge in [0.2, 0.25) is 0 Å². The van der Waals surface area contributed by atoms with E-state index in [9.17, 15) is 9.59 Å². The zero-order valence-corrected chi connectivity index (χ0v) is 15.8. The van der Waals surface area contributed by atoms with Gasteiger partial charge in [0, 0.05) is 12.1 Å². The van der Waals surface area contributed by atoms with Crippen LogP contribution in [0.25, 0.3) is 0 Å². The molecule has 8 nitrogen and oxygen atoms in total. The van der Waals surface area contributed by atoms with Crippen molar-refractivity contribution in [2.45, 2.75) is 31.7 Å². The van der Waals surface area contributed by atoms with Crippen molar-refractivity contribution in [1.29, 1.82) is 0 Å². The summed E-state index contributed by atoms with van der Waals surface area (Å²) in [7, 11) is 0. The van der Waals surface area contributed by atoms with Crippen molar-refractivity contribution < 1.29 is 14.3 Å². The molecule has 1 aliphatic carbocycles. The number of hydrogen-bond donors (Lipinski definition) is 1. The third-order valence-corrected chi connectivity index (χ3v) is 4.96. The Morgan fingerprint density at radius 2 is 1.93 bits per heavy atom. The number of esters is 1. The summed E-state index contributed by atoms with van der Waals surface area (Å²) < 4.78 is 6.60. The lowest BCUT2D eigenvalue weighted by atomic mass is 10.1. The van der Waals surface area contributed by atoms with Crippen LogP contribution >= 0.6 is 0 Å². The maximum Gasteiger partial charge on any atom is 0.331 e. The summed E-state index contributed by atoms with van der Waals surface area (Å²) in [6.07, 6.45) is 4.98. The van der Waals surface area contributed by atoms with Gasteiger partial charge in [-0.2, -0.15) is 0 Å². The fraction of sp³-hybridized carbons (Fsp3) is 0.286. The number of hydrogen-bond acceptors (Lipinski definition) is 6. The number of rotatable bonds is 7. The van der Waals surface area contributed by atoms with Crippen molar-refractivity contribution in [2.75, 3.05) is 11.9 Å². The van der Waals surface area contributed by atoms with Gasteiger partial charge in [-0.15, -0.1) is 5.10 Å². The van der Waals surface area contributed by atoms with Gasteiger partial charge in [-0.25, -0.2) is 9.48 Å². The number of anilines is 1. The average molecular weight is 391 g/mol. The van der Waals surface area contributed by atoms with Crippen molar-refractivity contribution in [2.24, 2.45) is 0 Å². The zero-order valence-electron chi connectivity index (χ0n) is 15.8. The van der Waals surface area contributed by atoms with Gasteiger partial charge >= 0.3 is 5.97 Å². The topological polar surface area (TPSA) is 99.0 Å². The first-order chi connectivity index (χ1) is 14.2. The first-order valence-electron chi connectivity index (χ1n) is 9.54. The van der Waals surface area contributed by atoms with Gasteiger partial charge in [-0.1, -0.05) is 36.4 Å². The van der Waals surface area contributed by atoms with Crippen molar-refractivity contribution in [3.63, 3.8) is 0 Å². The minimum absolute atomic E-state index is 0.358. The first kappa shape index (κ1) is 18.8. The molecule has 0 bridgehead atoms. The fourth-order valence-corrected chi connectivity index (χ4v) is 3.51. The maximum atomic E-state index is 12.6. The summed E-state index contributed by atoms with van der Waals surface area (Å²) >= 11 is 0. The molecule has 1 heterocycles. The zero-order chi connectivity index (χ0) is 20.1. The molecule has 29 heavy (non-hydrogen) atoms. The molecule has 0 saturated carbocycles. The minimum Gasteiger partial charge on any atom is -0.454 e. The first-order valence-corrected chi connectivity index (χ1v) is 9.54. The lowest BCUT2D eigenvalue weighted by molar-refractivity contribution is -0.151. The number of aromatic nitrogens is 4. The molecule has 3 aromatic rings. The third-order valence-electron chi connectivity index (χ3n) is 4.96. The van der Waals surface area contributed by atoms with Crippen LogP contribution in [0.5, 0.6) is 0 Å². The Bertz CT molecular complexity index is 989. The van der Waals surface area contributed by atoms with E-state index in [4.69, 9.17) is 4.74 Å². The van der Waals surface area contributed by atoms with Gasteiger partial charge in [-0.3, -0.25) is 4.79 Å². The molecule has 1 N–H and O–H groups in total. The largest absolute Gasteiger partial charge is 0.454 e. The normalized spacial score (nSPS) is 13.5. The lowest BCUT2D eigenvalue weighted by Gasteiger charge is -2.15. The Hall–Kier alpha value is -3.55. The van der Waals surface area contributed by atoms with E-state index in [0.29, 0.717) is 12.1 Å². The highest BCUT2D eigenvalue weighted by Gasteiger charge is 2.25. The number of nitrogens with zero attached hydrogens (tertiary/aromatic N) is 4. The molecule has 4 rings (SSSR count). The van der Waals surface area contributed by atoms with Crippen LogP contribution in [0.1, 0.15) is 29.2 Å². The van der Waals surface area contributed by atoms with Crippen molar-refractivity contribution in [1.82, 2.24) is 20.2 Å². The van der Waals surface area contributed by atoms with Gasteiger partial charge in [0.15, 0.2) is 12.6 Å². The summed E-state index contributed by atoms with van der Waals surface area (Å²) in [5.74, 6) is -0.947. The molecule has 1 aromatic heterocycles. The summed E-state index contributed by atoms with van der Waals surface area (Å²) in [6.45, 7) is -0.372. The Morgan fingerprint density at radius 1 is 1.10 bits per heavy atom. The molecular formula is C21H21N5O3. The summed E-state index contributed by atoms with van der Waals surface area (Å²) in [4.78, 5) is 24.9. The number of benzene rings is 2. The number of carbonyl (C=O) groups is 2. The molecule has 1 aliphatic rings. The standard InChI is InChI=1S/C21H21N5O3/c27-20(23-18-10-9-16-7-4-8-17(16)12-18)13-29-21(28)19(26-14-22-24-25-26)11-15-5-2-1-3-6-15/h1-3,5-6,9-10,12,14,19H,4,7-8,11,13H2,(H,23,27)/t19-/m0/s1. The fourth-order valence-electron chi connectivity index (χ4n) is 3.51. The second-order valence-electron chi connectivity index (χ2n) is 6.99. The molecule has 0 fully saturated rings. The maximum absolute atomic E-state index is 12.6. The Balaban J connectivity index is 1.36. The van der Waals surface area contributed by atoms with Crippen LogP contribution in [0, 0.1) is 0 Å². The van der Waals surface area contributed by atoms with Crippen LogP contribution in [0.4, 0.5) is 5.69 Å². The summed E-state index contributed by atoms with van der Waals surface area (Å²) in [5, 5.41) is 13.8. The van der Waals surface area contributed by atoms with Crippen LogP contribution in [0.3, 0.4) is 0 Å². The van der Waals surface area contributed by atoms with E-state index in [1.165, 1.54) is 22.1 Å². The molecule has 0 saturated heterocycles. The predicted octanol–water partition coefficient (Wildman–Crippen LogP) is 2.13. The second-order valence-corrected chi connectivity index (χ2v) is 6.99. The van der Waals surface area contributed by atoms with E-state index < -0.39 is 12.0 Å². The highest BCUT2D eigenvalue weighted by atomic mass is 16.5. The number of aryl methyl sites for hydroxylation is 2. The molecular weight excluding hydrogens is 370 g/mol. The molecule has 0 aliphatic heterocycles. The molecule has 2 aromatic carbocycles. The second kappa shape index (κ2) is 8.64. The molecule has 1 amide bonds. The van der Waals surface area contributed by atoms with Crippen molar-refractivity contribution >= 4 is 17.6 Å². The van der Waals surface area contributed by atoms with Crippen LogP contribution in [-0.2, 0) is 33.6 Å². The van der Waals surface area contributed by atoms with E-state index in [1.807, 2.05) is 48.5 Å². The molecule has 8 heteroatoms. The Labute approximate surface area is 167 Å². The van der Waals surface area contributed by atoms with Gasteiger partial charge in [0.25, 0.3) is 5.91 Å². The van der Waals surface area contributed by atoms with E-state index in [-0.39, 0.29) is 12.5 Å². The van der Waals surface area contributed by atoms with Gasteiger partial charge in [0.05, 0.1) is 0 Å². The third kappa shape index (κ3) is 4.66. The van der Waals surface area contributed by atoms with Crippen LogP contribution in [0.2, 0.25) is 0 Å². The lowest BCUT2D eigenvalue weighted by Crippen LogP contribution is -2.28. The summed E-state index contributed by atoms with van der Waals surface area (Å²) in [6, 6.07) is 14.7. The molecule has 0 radical (unpaired) electrons. The highest BCUT2D eigenvalue weighted by molar-refractivity contribution is 5.93. The summed E-state index contributed by atoms with van der Waals surface area (Å²) in [5.41, 5.74) is 4.25. The van der Waals surface area contributed by atoms with Crippen LogP contribution in [0.15, 0.2) is 54.9 Å². The van der Waals surface area contributed by atoms with E-state index in [0.717, 1.165) is 24.8 Å². The number of carbonyl (C=O) groups excluding carboxylic acids is 2. The predicted molar refractivity (Wildman–Crippen MR) is 105 cm³/mol. The molecule has 1 atom stereocenters. The van der Waals surface area contributed by atoms with E-state index >= 15 is 0 Å². The Morgan fingerprint density at radius 3 is 2.72 bits per heavy atom. The monoisotopic (exact) mass is 391 g/mol. The van der Waals surface area contributed by atoms with Crippen molar-refractivity contribution in [3.05, 3.63) is 71.5 Å². The quantitative estimate of drug-likeness (QED) is 0.620. The average Bonchev–Trinajstić information content (AvgIpc) is 3.42. The van der Waals surface area contributed by atoms with Gasteiger partial charge < -0.3 is 10.1 Å². The van der Waals surface area contributed by atoms with Gasteiger partial charge in [-0.05, 0) is 58.5 Å². The molecule has 0 spiro atoms. The van der Waals surface area contributed by atoms with Crippen LogP contribution < -0.4 is 5.32 Å². The number of ether oxygens (including phenoxy) is 1. The highest BCUT2D eigenvalue weighted by Crippen LogP contribution is 2.24. The Kier molecular flexibility index (Phi) is 5.60. The SMILES string of the molecule is O=C(COC(=O)[C@H](Cc1ccccc1)n1cnnn1)Nc1ccc2c(c1)CCC2. The van der Waals surface area contributed by atoms with Crippen LogP contribution in [-0.4, -0.2) is 38.7 Å². The van der Waals surface area contributed by atoms with Crippen molar-refractivity contribution in [3.8, 4) is 0 Å². The molecule has 148 valence electrons. The molecule has 0 unspecified atom stereocenters. The smallest absolute Gasteiger partial charge is 0.331 e.